The van der Waals surface area contributed by atoms with Gasteiger partial charge in [0.25, 0.3) is 0 Å². The van der Waals surface area contributed by atoms with E-state index in [1.165, 1.54) is 7.11 Å². The number of carbonyl (C=O) groups excluding carboxylic acids is 2. The van der Waals surface area contributed by atoms with Gasteiger partial charge in [-0.25, -0.2) is 0 Å². The monoisotopic (exact) mass is 469 g/mol. The lowest BCUT2D eigenvalue weighted by atomic mass is 10.1. The molecule has 9 heteroatoms. The van der Waals surface area contributed by atoms with Crippen LogP contribution < -0.4 is 5.32 Å². The molecule has 2 atom stereocenters. The summed E-state index contributed by atoms with van der Waals surface area (Å²) < 4.78 is 17.3. The molecular formula is C25H31N3O6. The third-order valence-electron chi connectivity index (χ3n) is 4.91. The molecule has 3 rings (SSSR count). The van der Waals surface area contributed by atoms with E-state index in [2.05, 4.69) is 10.4 Å². The van der Waals surface area contributed by atoms with Gasteiger partial charge in [-0.2, -0.15) is 5.10 Å². The lowest BCUT2D eigenvalue weighted by Gasteiger charge is -2.20. The molecule has 1 unspecified atom stereocenters. The van der Waals surface area contributed by atoms with Crippen LogP contribution in [-0.4, -0.2) is 52.0 Å². The molecule has 1 aromatic heterocycles. The lowest BCUT2D eigenvalue weighted by Crippen LogP contribution is -2.46. The van der Waals surface area contributed by atoms with Crippen molar-refractivity contribution in [2.24, 2.45) is 0 Å². The quantitative estimate of drug-likeness (QED) is 0.344. The molecule has 1 heterocycles. The van der Waals surface area contributed by atoms with Gasteiger partial charge in [0.1, 0.15) is 18.2 Å². The molecule has 0 aliphatic carbocycles. The van der Waals surface area contributed by atoms with E-state index in [1.807, 2.05) is 54.6 Å². The summed E-state index contributed by atoms with van der Waals surface area (Å²) in [6.07, 6.45) is -1.29. The Morgan fingerprint density at radius 2 is 1.76 bits per heavy atom. The fourth-order valence-corrected chi connectivity index (χ4v) is 3.48. The highest BCUT2D eigenvalue weighted by molar-refractivity contribution is 5.84. The Hall–Kier alpha value is -3.27. The molecule has 182 valence electrons. The van der Waals surface area contributed by atoms with Crippen LogP contribution in [0.3, 0.4) is 0 Å². The number of para-hydroxylation sites is 1. The van der Waals surface area contributed by atoms with Crippen LogP contribution in [0.4, 0.5) is 0 Å². The highest BCUT2D eigenvalue weighted by atomic mass is 16.6. The fourth-order valence-electron chi connectivity index (χ4n) is 3.48. The molecule has 0 amide bonds. The standard InChI is InChI=1S/C25H31N3O6/c1-25(2,3)34-22(29)15-28-21-13-9-8-12-18(21)19(27-28)14-20(23(30)32-4)26-24(31)33-16-17-10-6-5-7-11-17/h5-13,20,24,26,31H,14-16H2,1-4H3/t20-,24?/m0/s1. The van der Waals surface area contributed by atoms with Gasteiger partial charge in [-0.05, 0) is 32.4 Å². The van der Waals surface area contributed by atoms with E-state index in [9.17, 15) is 14.7 Å². The molecule has 0 saturated heterocycles. The zero-order valence-electron chi connectivity index (χ0n) is 19.9. The van der Waals surface area contributed by atoms with Crippen molar-refractivity contribution >= 4 is 22.8 Å². The van der Waals surface area contributed by atoms with E-state index in [0.717, 1.165) is 16.5 Å². The average molecular weight is 470 g/mol. The van der Waals surface area contributed by atoms with Crippen molar-refractivity contribution in [3.05, 3.63) is 65.9 Å². The third kappa shape index (κ3) is 7.11. The Morgan fingerprint density at radius 3 is 2.44 bits per heavy atom. The van der Waals surface area contributed by atoms with Gasteiger partial charge in [0.2, 0.25) is 6.41 Å². The first-order chi connectivity index (χ1) is 16.2. The van der Waals surface area contributed by atoms with Crippen LogP contribution in [0.15, 0.2) is 54.6 Å². The molecule has 34 heavy (non-hydrogen) atoms. The van der Waals surface area contributed by atoms with Gasteiger partial charge in [0, 0.05) is 11.8 Å². The first-order valence-corrected chi connectivity index (χ1v) is 11.0. The second-order valence-corrected chi connectivity index (χ2v) is 8.80. The molecule has 0 aliphatic rings. The minimum absolute atomic E-state index is 0.0725. The number of rotatable bonds is 10. The maximum atomic E-state index is 12.4. The number of hydrogen-bond acceptors (Lipinski definition) is 8. The molecule has 9 nitrogen and oxygen atoms in total. The SMILES string of the molecule is COC(=O)[C@H](Cc1nn(CC(=O)OC(C)(C)C)c2ccccc12)NC(O)OCc1ccccc1. The highest BCUT2D eigenvalue weighted by Gasteiger charge is 2.26. The summed E-state index contributed by atoms with van der Waals surface area (Å²) in [7, 11) is 1.27. The van der Waals surface area contributed by atoms with Gasteiger partial charge in [-0.3, -0.25) is 19.6 Å². The topological polar surface area (TPSA) is 112 Å². The van der Waals surface area contributed by atoms with Crippen molar-refractivity contribution < 1.29 is 28.9 Å². The largest absolute Gasteiger partial charge is 0.468 e. The van der Waals surface area contributed by atoms with Gasteiger partial charge in [0.15, 0.2) is 0 Å². The van der Waals surface area contributed by atoms with Crippen molar-refractivity contribution in [3.8, 4) is 0 Å². The maximum absolute atomic E-state index is 12.4. The first kappa shape index (κ1) is 25.4. The summed E-state index contributed by atoms with van der Waals surface area (Å²) in [5.74, 6) is -0.993. The number of benzene rings is 2. The predicted molar refractivity (Wildman–Crippen MR) is 125 cm³/mol. The number of nitrogens with zero attached hydrogens (tertiary/aromatic N) is 2. The molecule has 3 aromatic rings. The first-order valence-electron chi connectivity index (χ1n) is 11.0. The Morgan fingerprint density at radius 1 is 1.09 bits per heavy atom. The maximum Gasteiger partial charge on any atom is 0.328 e. The van der Waals surface area contributed by atoms with Gasteiger partial charge in [0.05, 0.1) is 24.9 Å². The van der Waals surface area contributed by atoms with Crippen molar-refractivity contribution in [3.63, 3.8) is 0 Å². The van der Waals surface area contributed by atoms with Crippen LogP contribution in [-0.2, 0) is 43.4 Å². The Labute approximate surface area is 198 Å². The predicted octanol–water partition coefficient (Wildman–Crippen LogP) is 2.54. The molecule has 0 fully saturated rings. The Kier molecular flexibility index (Phi) is 8.38. The van der Waals surface area contributed by atoms with Gasteiger partial charge in [-0.15, -0.1) is 0 Å². The number of hydrogen-bond donors (Lipinski definition) is 2. The van der Waals surface area contributed by atoms with Crippen molar-refractivity contribution in [1.29, 1.82) is 0 Å². The van der Waals surface area contributed by atoms with Crippen LogP contribution in [0.1, 0.15) is 32.0 Å². The van der Waals surface area contributed by atoms with Crippen LogP contribution in [0.5, 0.6) is 0 Å². The van der Waals surface area contributed by atoms with Gasteiger partial charge in [-0.1, -0.05) is 48.5 Å². The summed E-state index contributed by atoms with van der Waals surface area (Å²) in [4.78, 5) is 24.8. The van der Waals surface area contributed by atoms with Crippen LogP contribution in [0.25, 0.3) is 10.9 Å². The van der Waals surface area contributed by atoms with Gasteiger partial charge >= 0.3 is 11.9 Å². The number of ether oxygens (including phenoxy) is 3. The number of fused-ring (bicyclic) bond motifs is 1. The highest BCUT2D eigenvalue weighted by Crippen LogP contribution is 2.21. The Bertz CT molecular complexity index is 1110. The molecule has 2 N–H and O–H groups in total. The van der Waals surface area contributed by atoms with Gasteiger partial charge < -0.3 is 19.3 Å². The van der Waals surface area contributed by atoms with Crippen molar-refractivity contribution in [2.45, 2.75) is 58.4 Å². The zero-order chi connectivity index (χ0) is 24.7. The zero-order valence-corrected chi connectivity index (χ0v) is 19.9. The number of nitrogens with one attached hydrogen (secondary N) is 1. The summed E-state index contributed by atoms with van der Waals surface area (Å²) in [5, 5.41) is 18.4. The van der Waals surface area contributed by atoms with Crippen molar-refractivity contribution in [2.75, 3.05) is 7.11 Å². The summed E-state index contributed by atoms with van der Waals surface area (Å²) in [5.41, 5.74) is 1.56. The van der Waals surface area contributed by atoms with E-state index < -0.39 is 30.0 Å². The summed E-state index contributed by atoms with van der Waals surface area (Å²) >= 11 is 0. The van der Waals surface area contributed by atoms with Crippen molar-refractivity contribution in [1.82, 2.24) is 15.1 Å². The minimum Gasteiger partial charge on any atom is -0.468 e. The van der Waals surface area contributed by atoms with Crippen LogP contribution in [0.2, 0.25) is 0 Å². The molecular weight excluding hydrogens is 438 g/mol. The van der Waals surface area contributed by atoms with E-state index >= 15 is 0 Å². The van der Waals surface area contributed by atoms with Crippen LogP contribution >= 0.6 is 0 Å². The molecule has 0 radical (unpaired) electrons. The van der Waals surface area contributed by atoms with E-state index in [0.29, 0.717) is 5.69 Å². The van der Waals surface area contributed by atoms with E-state index in [4.69, 9.17) is 14.2 Å². The smallest absolute Gasteiger partial charge is 0.328 e. The lowest BCUT2D eigenvalue weighted by molar-refractivity contribution is -0.157. The van der Waals surface area contributed by atoms with E-state index in [-0.39, 0.29) is 19.6 Å². The fraction of sp³-hybridized carbons (Fsp3) is 0.400. The summed E-state index contributed by atoms with van der Waals surface area (Å²) in [6, 6.07) is 15.8. The second kappa shape index (κ2) is 11.2. The normalized spacial score (nSPS) is 13.4. The third-order valence-corrected chi connectivity index (χ3v) is 4.91. The van der Waals surface area contributed by atoms with Crippen LogP contribution in [0, 0.1) is 0 Å². The second-order valence-electron chi connectivity index (χ2n) is 8.80. The molecule has 0 saturated carbocycles. The molecule has 0 aliphatic heterocycles. The Balaban J connectivity index is 1.75. The molecule has 0 bridgehead atoms. The number of carbonyl (C=O) groups is 2. The number of aliphatic hydroxyl groups is 1. The molecule has 2 aromatic carbocycles. The summed E-state index contributed by atoms with van der Waals surface area (Å²) in [6.45, 7) is 5.49. The number of aromatic nitrogens is 2. The average Bonchev–Trinajstić information content (AvgIpc) is 3.13. The number of esters is 2. The van der Waals surface area contributed by atoms with E-state index in [1.54, 1.807) is 25.5 Å². The number of methoxy groups -OCH3 is 1. The minimum atomic E-state index is -1.40. The number of aliphatic hydroxyl groups excluding tert-OH is 1. The molecule has 0 spiro atoms.